The number of carbonyl (C=O) groups excluding carboxylic acids is 1. The van der Waals surface area contributed by atoms with E-state index in [4.69, 9.17) is 10.5 Å². The second-order valence-electron chi connectivity index (χ2n) is 4.24. The SMILES string of the molecule is CC(=O)c1ccc(N)c(OC2(C)CC=CS2)c1. The largest absolute Gasteiger partial charge is 0.474 e. The Labute approximate surface area is 105 Å². The Bertz CT molecular complexity index is 474. The molecular weight excluding hydrogens is 234 g/mol. The van der Waals surface area contributed by atoms with Crippen LogP contribution in [0.15, 0.2) is 29.7 Å². The van der Waals surface area contributed by atoms with E-state index in [9.17, 15) is 4.79 Å². The summed E-state index contributed by atoms with van der Waals surface area (Å²) in [5, 5.41) is 2.02. The molecular formula is C13H15NO2S. The van der Waals surface area contributed by atoms with Crippen LogP contribution in [0.2, 0.25) is 0 Å². The summed E-state index contributed by atoms with van der Waals surface area (Å²) in [6.45, 7) is 3.54. The number of nitrogen functional groups attached to an aromatic ring is 1. The van der Waals surface area contributed by atoms with Gasteiger partial charge in [-0.25, -0.2) is 0 Å². The molecule has 1 aromatic rings. The molecule has 0 aromatic heterocycles. The fourth-order valence-electron chi connectivity index (χ4n) is 1.64. The molecule has 0 saturated carbocycles. The number of hydrogen-bond donors (Lipinski definition) is 1. The lowest BCUT2D eigenvalue weighted by Gasteiger charge is -2.25. The molecule has 0 saturated heterocycles. The van der Waals surface area contributed by atoms with Crippen LogP contribution in [0.25, 0.3) is 0 Å². The quantitative estimate of drug-likeness (QED) is 0.660. The lowest BCUT2D eigenvalue weighted by atomic mass is 10.1. The highest BCUT2D eigenvalue weighted by Gasteiger charge is 2.29. The fraction of sp³-hybridized carbons (Fsp3) is 0.308. The van der Waals surface area contributed by atoms with Gasteiger partial charge in [-0.3, -0.25) is 4.79 Å². The molecule has 1 unspecified atom stereocenters. The third-order valence-electron chi connectivity index (χ3n) is 2.65. The Morgan fingerprint density at radius 1 is 1.53 bits per heavy atom. The summed E-state index contributed by atoms with van der Waals surface area (Å²) in [4.78, 5) is 11.0. The lowest BCUT2D eigenvalue weighted by molar-refractivity contribution is 0.101. The summed E-state index contributed by atoms with van der Waals surface area (Å²) in [6, 6.07) is 5.14. The molecule has 90 valence electrons. The number of Topliss-reactive ketones (excluding diaryl/α,β-unsaturated/α-hetero) is 1. The van der Waals surface area contributed by atoms with Gasteiger partial charge in [-0.05, 0) is 37.5 Å². The van der Waals surface area contributed by atoms with Crippen molar-refractivity contribution in [1.29, 1.82) is 0 Å². The van der Waals surface area contributed by atoms with E-state index in [2.05, 4.69) is 6.08 Å². The summed E-state index contributed by atoms with van der Waals surface area (Å²) in [5.74, 6) is 0.591. The van der Waals surface area contributed by atoms with Crippen LogP contribution in [-0.4, -0.2) is 10.7 Å². The van der Waals surface area contributed by atoms with Crippen molar-refractivity contribution in [2.75, 3.05) is 5.73 Å². The van der Waals surface area contributed by atoms with Gasteiger partial charge in [-0.1, -0.05) is 17.8 Å². The summed E-state index contributed by atoms with van der Waals surface area (Å²) >= 11 is 1.62. The highest BCUT2D eigenvalue weighted by molar-refractivity contribution is 8.03. The predicted molar refractivity (Wildman–Crippen MR) is 71.2 cm³/mol. The minimum absolute atomic E-state index is 0.0113. The average Bonchev–Trinajstić information content (AvgIpc) is 2.68. The van der Waals surface area contributed by atoms with Gasteiger partial charge in [0, 0.05) is 12.0 Å². The van der Waals surface area contributed by atoms with Crippen molar-refractivity contribution in [3.8, 4) is 5.75 Å². The van der Waals surface area contributed by atoms with E-state index < -0.39 is 0 Å². The molecule has 17 heavy (non-hydrogen) atoms. The van der Waals surface area contributed by atoms with Gasteiger partial charge in [-0.2, -0.15) is 0 Å². The first kappa shape index (κ1) is 12.0. The van der Waals surface area contributed by atoms with E-state index in [0.717, 1.165) is 6.42 Å². The summed E-state index contributed by atoms with van der Waals surface area (Å²) < 4.78 is 5.91. The van der Waals surface area contributed by atoms with Crippen LogP contribution in [0.3, 0.4) is 0 Å². The van der Waals surface area contributed by atoms with Gasteiger partial charge in [0.15, 0.2) is 10.7 Å². The molecule has 0 radical (unpaired) electrons. The number of thioether (sulfide) groups is 1. The molecule has 1 aromatic carbocycles. The topological polar surface area (TPSA) is 52.3 Å². The Kier molecular flexibility index (Phi) is 3.15. The maximum Gasteiger partial charge on any atom is 0.159 e. The summed E-state index contributed by atoms with van der Waals surface area (Å²) in [6.07, 6.45) is 2.90. The zero-order chi connectivity index (χ0) is 12.5. The number of anilines is 1. The van der Waals surface area contributed by atoms with E-state index >= 15 is 0 Å². The van der Waals surface area contributed by atoms with Crippen molar-refractivity contribution < 1.29 is 9.53 Å². The van der Waals surface area contributed by atoms with Gasteiger partial charge < -0.3 is 10.5 Å². The lowest BCUT2D eigenvalue weighted by Crippen LogP contribution is -2.25. The van der Waals surface area contributed by atoms with Crippen molar-refractivity contribution in [2.45, 2.75) is 25.2 Å². The van der Waals surface area contributed by atoms with Crippen LogP contribution in [-0.2, 0) is 0 Å². The molecule has 0 fully saturated rings. The normalized spacial score (nSPS) is 22.7. The Balaban J connectivity index is 2.25. The summed E-state index contributed by atoms with van der Waals surface area (Å²) in [5.41, 5.74) is 7.04. The Morgan fingerprint density at radius 3 is 2.88 bits per heavy atom. The van der Waals surface area contributed by atoms with Gasteiger partial charge in [0.2, 0.25) is 0 Å². The molecule has 0 amide bonds. The molecule has 1 atom stereocenters. The van der Waals surface area contributed by atoms with Crippen molar-refractivity contribution in [1.82, 2.24) is 0 Å². The average molecular weight is 249 g/mol. The number of rotatable bonds is 3. The zero-order valence-electron chi connectivity index (χ0n) is 9.90. The van der Waals surface area contributed by atoms with Crippen LogP contribution in [0.4, 0.5) is 5.69 Å². The van der Waals surface area contributed by atoms with Gasteiger partial charge >= 0.3 is 0 Å². The number of ketones is 1. The first-order valence-electron chi connectivity index (χ1n) is 5.42. The molecule has 0 spiro atoms. The Morgan fingerprint density at radius 2 is 2.29 bits per heavy atom. The smallest absolute Gasteiger partial charge is 0.159 e. The predicted octanol–water partition coefficient (Wildman–Crippen LogP) is 3.22. The molecule has 0 aliphatic carbocycles. The van der Waals surface area contributed by atoms with Crippen LogP contribution < -0.4 is 10.5 Å². The second kappa shape index (κ2) is 4.45. The number of benzene rings is 1. The van der Waals surface area contributed by atoms with Crippen LogP contribution in [0.5, 0.6) is 5.75 Å². The first-order valence-corrected chi connectivity index (χ1v) is 6.30. The van der Waals surface area contributed by atoms with E-state index in [0.29, 0.717) is 17.0 Å². The van der Waals surface area contributed by atoms with Gasteiger partial charge in [0.1, 0.15) is 5.75 Å². The van der Waals surface area contributed by atoms with Crippen molar-refractivity contribution in [2.24, 2.45) is 0 Å². The molecule has 4 heteroatoms. The van der Waals surface area contributed by atoms with Gasteiger partial charge in [0.05, 0.1) is 5.69 Å². The van der Waals surface area contributed by atoms with E-state index in [-0.39, 0.29) is 10.7 Å². The Hall–Kier alpha value is -1.42. The highest BCUT2D eigenvalue weighted by Crippen LogP contribution is 2.39. The molecule has 1 aliphatic heterocycles. The molecule has 2 N–H and O–H groups in total. The minimum atomic E-state index is -0.316. The van der Waals surface area contributed by atoms with E-state index in [1.54, 1.807) is 30.0 Å². The van der Waals surface area contributed by atoms with Crippen molar-refractivity contribution in [3.05, 3.63) is 35.2 Å². The van der Waals surface area contributed by atoms with Crippen molar-refractivity contribution in [3.63, 3.8) is 0 Å². The monoisotopic (exact) mass is 249 g/mol. The molecule has 2 rings (SSSR count). The number of carbonyl (C=O) groups is 1. The molecule has 3 nitrogen and oxygen atoms in total. The van der Waals surface area contributed by atoms with E-state index in [1.165, 1.54) is 6.92 Å². The number of nitrogens with two attached hydrogens (primary N) is 1. The van der Waals surface area contributed by atoms with Gasteiger partial charge in [0.25, 0.3) is 0 Å². The summed E-state index contributed by atoms with van der Waals surface area (Å²) in [7, 11) is 0. The van der Waals surface area contributed by atoms with Crippen LogP contribution in [0, 0.1) is 0 Å². The second-order valence-corrected chi connectivity index (χ2v) is 5.61. The third kappa shape index (κ3) is 2.64. The minimum Gasteiger partial charge on any atom is -0.474 e. The molecule has 0 bridgehead atoms. The molecule has 1 aliphatic rings. The third-order valence-corrected chi connectivity index (χ3v) is 3.73. The van der Waals surface area contributed by atoms with Gasteiger partial charge in [-0.15, -0.1) is 0 Å². The standard InChI is InChI=1S/C13H15NO2S/c1-9(15)10-4-5-11(14)12(8-10)16-13(2)6-3-7-17-13/h3-5,7-8H,6,14H2,1-2H3. The fourth-order valence-corrected chi connectivity index (χ4v) is 2.45. The van der Waals surface area contributed by atoms with Crippen LogP contribution >= 0.6 is 11.8 Å². The van der Waals surface area contributed by atoms with E-state index in [1.807, 2.05) is 12.3 Å². The first-order chi connectivity index (χ1) is 8.00. The van der Waals surface area contributed by atoms with Crippen LogP contribution in [0.1, 0.15) is 30.6 Å². The maximum atomic E-state index is 11.3. The number of ether oxygens (including phenoxy) is 1. The molecule has 1 heterocycles. The number of hydrogen-bond acceptors (Lipinski definition) is 4. The zero-order valence-corrected chi connectivity index (χ0v) is 10.7. The van der Waals surface area contributed by atoms with Crippen molar-refractivity contribution >= 4 is 23.2 Å². The maximum absolute atomic E-state index is 11.3. The highest BCUT2D eigenvalue weighted by atomic mass is 32.2.